The minimum Gasteiger partial charge on any atom is -0.299 e. The van der Waals surface area contributed by atoms with Crippen molar-refractivity contribution in [2.45, 2.75) is 39.7 Å². The smallest absolute Gasteiger partial charge is 0.0535 e. The molecule has 0 radical (unpaired) electrons. The van der Waals surface area contributed by atoms with Gasteiger partial charge in [-0.1, -0.05) is 13.8 Å². The molecule has 0 N–H and O–H groups in total. The summed E-state index contributed by atoms with van der Waals surface area (Å²) in [6, 6.07) is 0.558. The van der Waals surface area contributed by atoms with Crippen molar-refractivity contribution in [3.05, 3.63) is 0 Å². The quantitative estimate of drug-likeness (QED) is 0.535. The third-order valence-corrected chi connectivity index (χ3v) is 2.04. The molecule has 0 aliphatic carbocycles. The van der Waals surface area contributed by atoms with E-state index in [4.69, 9.17) is 0 Å². The van der Waals surface area contributed by atoms with Crippen molar-refractivity contribution in [3.63, 3.8) is 0 Å². The second-order valence-electron chi connectivity index (χ2n) is 3.29. The van der Waals surface area contributed by atoms with Crippen LogP contribution in [0.2, 0.25) is 0 Å². The van der Waals surface area contributed by atoms with E-state index in [0.29, 0.717) is 6.04 Å². The van der Waals surface area contributed by atoms with Crippen LogP contribution in [-0.2, 0) is 0 Å². The van der Waals surface area contributed by atoms with Crippen molar-refractivity contribution < 1.29 is 0 Å². The minimum absolute atomic E-state index is 0.558. The fourth-order valence-corrected chi connectivity index (χ4v) is 1.43. The third kappa shape index (κ3) is 4.50. The molecule has 0 saturated carbocycles. The molecule has 0 bridgehead atoms. The van der Waals surface area contributed by atoms with Crippen molar-refractivity contribution in [1.29, 1.82) is 0 Å². The fourth-order valence-electron chi connectivity index (χ4n) is 1.43. The number of aliphatic imine (C=N–C) groups is 1. The van der Waals surface area contributed by atoms with Crippen molar-refractivity contribution >= 4 is 6.72 Å². The second-order valence-corrected chi connectivity index (χ2v) is 3.29. The molecule has 0 aromatic carbocycles. The highest BCUT2D eigenvalue weighted by molar-refractivity contribution is 5.23. The van der Waals surface area contributed by atoms with E-state index in [9.17, 15) is 0 Å². The first kappa shape index (κ1) is 11.6. The van der Waals surface area contributed by atoms with E-state index in [1.54, 1.807) is 0 Å². The molecule has 0 aliphatic rings. The molecule has 0 fully saturated rings. The molecule has 0 rings (SSSR count). The van der Waals surface area contributed by atoms with Gasteiger partial charge in [0, 0.05) is 6.04 Å². The molecule has 1 atom stereocenters. The van der Waals surface area contributed by atoms with E-state index in [2.05, 4.69) is 37.4 Å². The van der Waals surface area contributed by atoms with Gasteiger partial charge in [0.1, 0.15) is 0 Å². The first-order valence-corrected chi connectivity index (χ1v) is 4.92. The van der Waals surface area contributed by atoms with Crippen LogP contribution in [0, 0.1) is 0 Å². The Morgan fingerprint density at radius 3 is 2.08 bits per heavy atom. The topological polar surface area (TPSA) is 15.6 Å². The molecule has 2 nitrogen and oxygen atoms in total. The highest BCUT2D eigenvalue weighted by atomic mass is 15.2. The van der Waals surface area contributed by atoms with E-state index in [1.165, 1.54) is 25.9 Å². The third-order valence-electron chi connectivity index (χ3n) is 2.04. The zero-order valence-corrected chi connectivity index (χ0v) is 8.71. The summed E-state index contributed by atoms with van der Waals surface area (Å²) in [6.45, 7) is 13.4. The van der Waals surface area contributed by atoms with E-state index in [-0.39, 0.29) is 0 Å². The van der Waals surface area contributed by atoms with Gasteiger partial charge in [-0.3, -0.25) is 9.89 Å². The molecule has 0 heterocycles. The van der Waals surface area contributed by atoms with E-state index in [1.807, 2.05) is 0 Å². The van der Waals surface area contributed by atoms with Crippen LogP contribution in [0.4, 0.5) is 0 Å². The van der Waals surface area contributed by atoms with Gasteiger partial charge < -0.3 is 0 Å². The summed E-state index contributed by atoms with van der Waals surface area (Å²) in [5.74, 6) is 0. The van der Waals surface area contributed by atoms with Crippen LogP contribution >= 0.6 is 0 Å². The number of rotatable bonds is 7. The molecule has 12 heavy (non-hydrogen) atoms. The Labute approximate surface area is 76.7 Å². The average molecular weight is 170 g/mol. The van der Waals surface area contributed by atoms with Gasteiger partial charge in [-0.25, -0.2) is 0 Å². The standard InChI is InChI=1S/C10H22N2/c1-5-7-12(8-6-2)10(3)9-11-4/h10H,4-9H2,1-3H3. The van der Waals surface area contributed by atoms with Crippen LogP contribution in [0.5, 0.6) is 0 Å². The maximum Gasteiger partial charge on any atom is 0.0535 e. The summed E-state index contributed by atoms with van der Waals surface area (Å²) in [5.41, 5.74) is 0. The monoisotopic (exact) mass is 170 g/mol. The fraction of sp³-hybridized carbons (Fsp3) is 0.900. The first-order valence-electron chi connectivity index (χ1n) is 4.92. The summed E-state index contributed by atoms with van der Waals surface area (Å²) in [5, 5.41) is 0. The average Bonchev–Trinajstić information content (AvgIpc) is 2.04. The van der Waals surface area contributed by atoms with Crippen molar-refractivity contribution in [1.82, 2.24) is 4.90 Å². The first-order chi connectivity index (χ1) is 5.76. The van der Waals surface area contributed by atoms with Gasteiger partial charge in [-0.15, -0.1) is 0 Å². The summed E-state index contributed by atoms with van der Waals surface area (Å²) >= 11 is 0. The Kier molecular flexibility index (Phi) is 7.06. The molecule has 0 aromatic rings. The van der Waals surface area contributed by atoms with Crippen LogP contribution in [0.25, 0.3) is 0 Å². The molecule has 0 spiro atoms. The normalized spacial score (nSPS) is 13.3. The van der Waals surface area contributed by atoms with Gasteiger partial charge in [-0.2, -0.15) is 0 Å². The largest absolute Gasteiger partial charge is 0.299 e. The zero-order valence-electron chi connectivity index (χ0n) is 8.71. The van der Waals surface area contributed by atoms with Crippen LogP contribution in [0.15, 0.2) is 4.99 Å². The van der Waals surface area contributed by atoms with Gasteiger partial charge in [-0.05, 0) is 39.6 Å². The zero-order chi connectivity index (χ0) is 9.40. The SMILES string of the molecule is C=NCC(C)N(CCC)CCC. The summed E-state index contributed by atoms with van der Waals surface area (Å²) in [6.07, 6.45) is 2.45. The van der Waals surface area contributed by atoms with Crippen molar-refractivity contribution in [2.24, 2.45) is 4.99 Å². The van der Waals surface area contributed by atoms with Crippen LogP contribution in [0.3, 0.4) is 0 Å². The summed E-state index contributed by atoms with van der Waals surface area (Å²) in [7, 11) is 0. The van der Waals surface area contributed by atoms with Crippen LogP contribution in [-0.4, -0.2) is 37.3 Å². The van der Waals surface area contributed by atoms with E-state index >= 15 is 0 Å². The Morgan fingerprint density at radius 1 is 1.25 bits per heavy atom. The summed E-state index contributed by atoms with van der Waals surface area (Å²) < 4.78 is 0. The Morgan fingerprint density at radius 2 is 1.75 bits per heavy atom. The molecular formula is C10H22N2. The molecule has 0 aliphatic heterocycles. The molecule has 72 valence electrons. The highest BCUT2D eigenvalue weighted by Gasteiger charge is 2.09. The number of hydrogen-bond acceptors (Lipinski definition) is 2. The van der Waals surface area contributed by atoms with Crippen molar-refractivity contribution in [2.75, 3.05) is 19.6 Å². The molecule has 0 aromatic heterocycles. The Balaban J connectivity index is 3.80. The predicted octanol–water partition coefficient (Wildman–Crippen LogP) is 2.20. The lowest BCUT2D eigenvalue weighted by molar-refractivity contribution is 0.214. The van der Waals surface area contributed by atoms with Crippen LogP contribution in [0.1, 0.15) is 33.6 Å². The molecule has 1 unspecified atom stereocenters. The number of hydrogen-bond donors (Lipinski definition) is 0. The van der Waals surface area contributed by atoms with Gasteiger partial charge in [0.05, 0.1) is 6.54 Å². The summed E-state index contributed by atoms with van der Waals surface area (Å²) in [4.78, 5) is 6.41. The van der Waals surface area contributed by atoms with Gasteiger partial charge in [0.15, 0.2) is 0 Å². The molecule has 0 saturated heterocycles. The van der Waals surface area contributed by atoms with Gasteiger partial charge >= 0.3 is 0 Å². The Hall–Kier alpha value is -0.370. The molecule has 2 heteroatoms. The lowest BCUT2D eigenvalue weighted by atomic mass is 10.2. The maximum atomic E-state index is 3.93. The van der Waals surface area contributed by atoms with E-state index in [0.717, 1.165) is 6.54 Å². The second kappa shape index (κ2) is 7.29. The van der Waals surface area contributed by atoms with Crippen LogP contribution < -0.4 is 0 Å². The lowest BCUT2D eigenvalue weighted by Crippen LogP contribution is -2.36. The minimum atomic E-state index is 0.558. The Bertz CT molecular complexity index is 106. The maximum absolute atomic E-state index is 3.93. The van der Waals surface area contributed by atoms with Crippen molar-refractivity contribution in [3.8, 4) is 0 Å². The van der Waals surface area contributed by atoms with Gasteiger partial charge in [0.2, 0.25) is 0 Å². The lowest BCUT2D eigenvalue weighted by Gasteiger charge is -2.26. The molecule has 0 amide bonds. The van der Waals surface area contributed by atoms with Gasteiger partial charge in [0.25, 0.3) is 0 Å². The van der Waals surface area contributed by atoms with E-state index < -0.39 is 0 Å². The number of nitrogens with zero attached hydrogens (tertiary/aromatic N) is 2. The molecular weight excluding hydrogens is 148 g/mol. The predicted molar refractivity (Wildman–Crippen MR) is 56.0 cm³/mol. The highest BCUT2D eigenvalue weighted by Crippen LogP contribution is 2.01.